The highest BCUT2D eigenvalue weighted by molar-refractivity contribution is 7.89. The number of piperazine rings is 1. The molecule has 2 aliphatic heterocycles. The number of nitrogens with one attached hydrogen (secondary N) is 1. The Morgan fingerprint density at radius 1 is 1.18 bits per heavy atom. The van der Waals surface area contributed by atoms with Gasteiger partial charge in [-0.1, -0.05) is 0 Å². The summed E-state index contributed by atoms with van der Waals surface area (Å²) < 4.78 is 40.4. The van der Waals surface area contributed by atoms with Crippen molar-refractivity contribution in [2.45, 2.75) is 18.9 Å². The number of carbonyl (C=O) groups is 1. The van der Waals surface area contributed by atoms with Crippen LogP contribution in [0, 0.1) is 11.7 Å². The minimum Gasteiger partial charge on any atom is -0.369 e. The first kappa shape index (κ1) is 21.0. The van der Waals surface area contributed by atoms with E-state index < -0.39 is 16.1 Å². The number of benzene rings is 1. The van der Waals surface area contributed by atoms with Gasteiger partial charge in [0.05, 0.1) is 11.8 Å². The summed E-state index contributed by atoms with van der Waals surface area (Å²) in [4.78, 5) is 13.1. The number of hydroxylamine groups is 2. The third kappa shape index (κ3) is 4.99. The molecule has 28 heavy (non-hydrogen) atoms. The molecule has 1 unspecified atom stereocenters. The monoisotopic (exact) mass is 414 g/mol. The van der Waals surface area contributed by atoms with Crippen LogP contribution in [-0.2, 0) is 14.8 Å². The predicted octanol–water partition coefficient (Wildman–Crippen LogP) is 0.493. The number of nitrogens with zero attached hydrogens (tertiary/aromatic N) is 3. The Morgan fingerprint density at radius 3 is 2.36 bits per heavy atom. The van der Waals surface area contributed by atoms with Crippen molar-refractivity contribution < 1.29 is 22.8 Å². The van der Waals surface area contributed by atoms with Crippen LogP contribution in [-0.4, -0.2) is 80.5 Å². The van der Waals surface area contributed by atoms with Crippen molar-refractivity contribution in [3.63, 3.8) is 0 Å². The molecule has 1 amide bonds. The summed E-state index contributed by atoms with van der Waals surface area (Å²) in [6.45, 7) is 3.10. The van der Waals surface area contributed by atoms with Gasteiger partial charge in [-0.3, -0.25) is 10.0 Å². The molecule has 0 aliphatic carbocycles. The summed E-state index contributed by atoms with van der Waals surface area (Å²) >= 11 is 0. The molecule has 156 valence electrons. The van der Waals surface area contributed by atoms with Crippen molar-refractivity contribution in [1.29, 1.82) is 0 Å². The van der Waals surface area contributed by atoms with Gasteiger partial charge in [0.15, 0.2) is 0 Å². The van der Waals surface area contributed by atoms with Crippen LogP contribution >= 0.6 is 0 Å². The molecule has 3 rings (SSSR count). The van der Waals surface area contributed by atoms with Gasteiger partial charge in [0.1, 0.15) is 5.82 Å². The molecular weight excluding hydrogens is 387 g/mol. The van der Waals surface area contributed by atoms with Gasteiger partial charge in [-0.25, -0.2) is 17.9 Å². The van der Waals surface area contributed by atoms with Crippen LogP contribution in [0.15, 0.2) is 24.3 Å². The molecule has 0 aromatic heterocycles. The summed E-state index contributed by atoms with van der Waals surface area (Å²) in [7, 11) is -3.63. The first-order chi connectivity index (χ1) is 13.4. The average molecular weight is 415 g/mol. The fourth-order valence-corrected chi connectivity index (χ4v) is 5.72. The van der Waals surface area contributed by atoms with Crippen LogP contribution in [0.5, 0.6) is 0 Å². The van der Waals surface area contributed by atoms with E-state index in [2.05, 4.69) is 5.32 Å². The minimum absolute atomic E-state index is 0.0632. The number of sulfonamides is 1. The molecule has 2 heterocycles. The molecule has 10 heteroatoms. The van der Waals surface area contributed by atoms with E-state index in [1.807, 2.05) is 4.90 Å². The highest BCUT2D eigenvalue weighted by Crippen LogP contribution is 2.23. The van der Waals surface area contributed by atoms with E-state index in [4.69, 9.17) is 0 Å². The van der Waals surface area contributed by atoms with E-state index in [0.717, 1.165) is 18.8 Å². The maximum absolute atomic E-state index is 13.1. The van der Waals surface area contributed by atoms with E-state index in [1.54, 1.807) is 12.1 Å². The van der Waals surface area contributed by atoms with E-state index in [-0.39, 0.29) is 23.9 Å². The van der Waals surface area contributed by atoms with E-state index in [0.29, 0.717) is 44.1 Å². The summed E-state index contributed by atoms with van der Waals surface area (Å²) in [6.07, 6.45) is 1.71. The number of anilines is 1. The van der Waals surface area contributed by atoms with Crippen LogP contribution in [0.4, 0.5) is 10.1 Å². The normalized spacial score (nSPS) is 20.7. The molecule has 0 bridgehead atoms. The fourth-order valence-electron chi connectivity index (χ4n) is 3.93. The number of rotatable bonds is 7. The lowest BCUT2D eigenvalue weighted by Gasteiger charge is -2.38. The summed E-state index contributed by atoms with van der Waals surface area (Å²) in [5.41, 5.74) is 0.855. The standard InChI is InChI=1S/C18H27FN4O4S/c19-16-1-3-17(4-2-16)21-9-11-22(12-10-21)28(26,27)13-18(23(25)14-24)15-5-7-20-8-6-15/h1-4,14-15,18,20,25H,5-13H2. The highest BCUT2D eigenvalue weighted by Gasteiger charge is 2.36. The SMILES string of the molecule is O=CN(O)C(CS(=O)(=O)N1CCN(c2ccc(F)cc2)CC1)C1CCNCC1. The zero-order valence-corrected chi connectivity index (χ0v) is 16.5. The number of halogens is 1. The Hall–Kier alpha value is -1.75. The summed E-state index contributed by atoms with van der Waals surface area (Å²) in [6, 6.07) is 5.38. The van der Waals surface area contributed by atoms with Crippen molar-refractivity contribution in [3.05, 3.63) is 30.1 Å². The first-order valence-corrected chi connectivity index (χ1v) is 11.1. The largest absolute Gasteiger partial charge is 0.369 e. The maximum atomic E-state index is 13.1. The Labute approximate surface area is 164 Å². The lowest BCUT2D eigenvalue weighted by atomic mass is 9.91. The van der Waals surface area contributed by atoms with Crippen LogP contribution in [0.3, 0.4) is 0 Å². The molecule has 8 nitrogen and oxygen atoms in total. The fraction of sp³-hybridized carbons (Fsp3) is 0.611. The second-order valence-corrected chi connectivity index (χ2v) is 9.29. The van der Waals surface area contributed by atoms with Crippen molar-refractivity contribution in [2.24, 2.45) is 5.92 Å². The molecule has 2 saturated heterocycles. The van der Waals surface area contributed by atoms with Gasteiger partial charge in [0, 0.05) is 31.9 Å². The van der Waals surface area contributed by atoms with Crippen molar-refractivity contribution in [3.8, 4) is 0 Å². The third-order valence-electron chi connectivity index (χ3n) is 5.58. The van der Waals surface area contributed by atoms with Gasteiger partial charge < -0.3 is 10.2 Å². The second-order valence-electron chi connectivity index (χ2n) is 7.28. The maximum Gasteiger partial charge on any atom is 0.233 e. The predicted molar refractivity (Wildman–Crippen MR) is 103 cm³/mol. The average Bonchev–Trinajstić information content (AvgIpc) is 2.73. The van der Waals surface area contributed by atoms with Gasteiger partial charge in [-0.2, -0.15) is 4.31 Å². The molecule has 2 N–H and O–H groups in total. The minimum atomic E-state index is -3.63. The quantitative estimate of drug-likeness (QED) is 0.383. The van der Waals surface area contributed by atoms with Gasteiger partial charge in [-0.05, 0) is 56.1 Å². The summed E-state index contributed by atoms with van der Waals surface area (Å²) in [5.74, 6) is -0.659. The van der Waals surface area contributed by atoms with Gasteiger partial charge in [-0.15, -0.1) is 0 Å². The molecule has 1 aromatic carbocycles. The van der Waals surface area contributed by atoms with Crippen LogP contribution in [0.25, 0.3) is 0 Å². The number of carbonyl (C=O) groups excluding carboxylic acids is 1. The van der Waals surface area contributed by atoms with Crippen molar-refractivity contribution in [2.75, 3.05) is 49.9 Å². The number of hydrogen-bond acceptors (Lipinski definition) is 6. The van der Waals surface area contributed by atoms with E-state index in [9.17, 15) is 22.8 Å². The van der Waals surface area contributed by atoms with E-state index in [1.165, 1.54) is 16.4 Å². The van der Waals surface area contributed by atoms with Gasteiger partial charge in [0.2, 0.25) is 16.4 Å². The first-order valence-electron chi connectivity index (χ1n) is 9.52. The van der Waals surface area contributed by atoms with Crippen molar-refractivity contribution >= 4 is 22.1 Å². The molecular formula is C18H27FN4O4S. The number of amides is 1. The molecule has 2 fully saturated rings. The third-order valence-corrected chi connectivity index (χ3v) is 7.50. The smallest absolute Gasteiger partial charge is 0.233 e. The zero-order valence-electron chi connectivity index (χ0n) is 15.7. The number of hydrogen-bond donors (Lipinski definition) is 2. The van der Waals surface area contributed by atoms with Crippen LogP contribution in [0.2, 0.25) is 0 Å². The molecule has 1 aromatic rings. The number of piperidine rings is 1. The Balaban J connectivity index is 1.63. The lowest BCUT2D eigenvalue weighted by Crippen LogP contribution is -2.53. The Morgan fingerprint density at radius 2 is 1.79 bits per heavy atom. The zero-order chi connectivity index (χ0) is 20.1. The topological polar surface area (TPSA) is 93.2 Å². The van der Waals surface area contributed by atoms with E-state index >= 15 is 0 Å². The molecule has 1 atom stereocenters. The molecule has 2 aliphatic rings. The van der Waals surface area contributed by atoms with Crippen molar-refractivity contribution in [1.82, 2.24) is 14.7 Å². The highest BCUT2D eigenvalue weighted by atomic mass is 32.2. The summed E-state index contributed by atoms with van der Waals surface area (Å²) in [5, 5.41) is 13.7. The molecule has 0 radical (unpaired) electrons. The molecule has 0 saturated carbocycles. The second kappa shape index (κ2) is 9.17. The van der Waals surface area contributed by atoms with Crippen LogP contribution in [0.1, 0.15) is 12.8 Å². The molecule has 0 spiro atoms. The van der Waals surface area contributed by atoms with Gasteiger partial charge >= 0.3 is 0 Å². The van der Waals surface area contributed by atoms with Crippen LogP contribution < -0.4 is 10.2 Å². The van der Waals surface area contributed by atoms with Gasteiger partial charge in [0.25, 0.3) is 0 Å². The Kier molecular flexibility index (Phi) is 6.86. The lowest BCUT2D eigenvalue weighted by molar-refractivity contribution is -0.163. The Bertz CT molecular complexity index is 747.